The maximum Gasteiger partial charge on any atom is 0.115 e. The Morgan fingerprint density at radius 2 is 1.38 bits per heavy atom. The van der Waals surface area contributed by atoms with Gasteiger partial charge in [0.05, 0.1) is 5.54 Å². The smallest absolute Gasteiger partial charge is 0.115 e. The average molecular weight is 317 g/mol. The normalized spacial score (nSPS) is 13.4. The van der Waals surface area contributed by atoms with E-state index in [1.54, 1.807) is 12.1 Å². The third kappa shape index (κ3) is 3.50. The van der Waals surface area contributed by atoms with Gasteiger partial charge in [0.2, 0.25) is 0 Å². The quantitative estimate of drug-likeness (QED) is 0.711. The molecule has 122 valence electrons. The Morgan fingerprint density at radius 1 is 0.792 bits per heavy atom. The van der Waals surface area contributed by atoms with Crippen molar-refractivity contribution in [2.45, 2.75) is 25.9 Å². The molecule has 0 amide bonds. The third-order valence-corrected chi connectivity index (χ3v) is 4.56. The monoisotopic (exact) mass is 317 g/mol. The van der Waals surface area contributed by atoms with Crippen LogP contribution in [0.5, 0.6) is 5.75 Å². The number of hydrogen-bond acceptors (Lipinski definition) is 2. The predicted octanol–water partition coefficient (Wildman–Crippen LogP) is 4.75. The van der Waals surface area contributed by atoms with Crippen molar-refractivity contribution in [3.05, 3.63) is 101 Å². The van der Waals surface area contributed by atoms with Crippen molar-refractivity contribution in [3.8, 4) is 5.75 Å². The Morgan fingerprint density at radius 3 is 2.00 bits per heavy atom. The van der Waals surface area contributed by atoms with Crippen molar-refractivity contribution in [2.75, 3.05) is 0 Å². The van der Waals surface area contributed by atoms with Gasteiger partial charge >= 0.3 is 0 Å². The van der Waals surface area contributed by atoms with Crippen LogP contribution in [0.3, 0.4) is 0 Å². The molecule has 0 saturated heterocycles. The zero-order valence-corrected chi connectivity index (χ0v) is 14.2. The fourth-order valence-corrected chi connectivity index (χ4v) is 2.92. The molecule has 0 bridgehead atoms. The molecule has 0 aromatic heterocycles. The van der Waals surface area contributed by atoms with Crippen LogP contribution in [0.25, 0.3) is 0 Å². The number of benzene rings is 3. The molecule has 0 aliphatic rings. The molecular weight excluding hydrogens is 294 g/mol. The first-order valence-electron chi connectivity index (χ1n) is 8.23. The van der Waals surface area contributed by atoms with Gasteiger partial charge in [0.25, 0.3) is 0 Å². The molecule has 0 aliphatic carbocycles. The standard InChI is InChI=1S/C22H23NO/c1-17-8-12-20(13-9-17)22(2,19-6-4-3-5-7-19)23-16-18-10-14-21(24)15-11-18/h3-15,23-24H,16H2,1-2H3. The highest BCUT2D eigenvalue weighted by molar-refractivity contribution is 5.39. The van der Waals surface area contributed by atoms with Crippen LogP contribution in [0.1, 0.15) is 29.2 Å². The summed E-state index contributed by atoms with van der Waals surface area (Å²) in [4.78, 5) is 0. The molecule has 0 saturated carbocycles. The zero-order chi connectivity index (χ0) is 17.0. The third-order valence-electron chi connectivity index (χ3n) is 4.56. The van der Waals surface area contributed by atoms with Gasteiger partial charge in [-0.1, -0.05) is 72.3 Å². The molecule has 2 nitrogen and oxygen atoms in total. The lowest BCUT2D eigenvalue weighted by Crippen LogP contribution is -2.40. The first-order valence-corrected chi connectivity index (χ1v) is 8.23. The van der Waals surface area contributed by atoms with Crippen molar-refractivity contribution < 1.29 is 5.11 Å². The maximum atomic E-state index is 9.45. The molecule has 2 N–H and O–H groups in total. The van der Waals surface area contributed by atoms with Gasteiger partial charge in [-0.25, -0.2) is 0 Å². The number of aromatic hydroxyl groups is 1. The fraction of sp³-hybridized carbons (Fsp3) is 0.182. The van der Waals surface area contributed by atoms with E-state index in [4.69, 9.17) is 0 Å². The summed E-state index contributed by atoms with van der Waals surface area (Å²) in [5.41, 5.74) is 4.58. The highest BCUT2D eigenvalue weighted by atomic mass is 16.3. The second kappa shape index (κ2) is 6.90. The number of phenols is 1. The summed E-state index contributed by atoms with van der Waals surface area (Å²) in [6, 6.07) is 26.5. The van der Waals surface area contributed by atoms with Gasteiger partial charge in [0.1, 0.15) is 5.75 Å². The molecule has 3 rings (SSSR count). The molecule has 2 heteroatoms. The summed E-state index contributed by atoms with van der Waals surface area (Å²) >= 11 is 0. The molecule has 0 aliphatic heterocycles. The van der Waals surface area contributed by atoms with E-state index in [0.29, 0.717) is 5.75 Å². The van der Waals surface area contributed by atoms with Gasteiger partial charge in [0, 0.05) is 6.54 Å². The van der Waals surface area contributed by atoms with Crippen LogP contribution >= 0.6 is 0 Å². The number of aryl methyl sites for hydroxylation is 1. The molecule has 1 atom stereocenters. The Hall–Kier alpha value is -2.58. The SMILES string of the molecule is Cc1ccc(C(C)(NCc2ccc(O)cc2)c2ccccc2)cc1. The van der Waals surface area contributed by atoms with Crippen LogP contribution in [0.2, 0.25) is 0 Å². The summed E-state index contributed by atoms with van der Waals surface area (Å²) in [6.07, 6.45) is 0. The minimum Gasteiger partial charge on any atom is -0.508 e. The predicted molar refractivity (Wildman–Crippen MR) is 99.0 cm³/mol. The first-order chi connectivity index (χ1) is 11.6. The van der Waals surface area contributed by atoms with Crippen LogP contribution in [-0.4, -0.2) is 5.11 Å². The minimum atomic E-state index is -0.285. The van der Waals surface area contributed by atoms with Crippen LogP contribution in [0, 0.1) is 6.92 Å². The van der Waals surface area contributed by atoms with E-state index in [9.17, 15) is 5.11 Å². The van der Waals surface area contributed by atoms with Gasteiger partial charge < -0.3 is 5.11 Å². The Kier molecular flexibility index (Phi) is 4.68. The summed E-state index contributed by atoms with van der Waals surface area (Å²) in [6.45, 7) is 5.04. The molecule has 3 aromatic rings. The van der Waals surface area contributed by atoms with E-state index >= 15 is 0 Å². The summed E-state index contributed by atoms with van der Waals surface area (Å²) in [7, 11) is 0. The van der Waals surface area contributed by atoms with E-state index < -0.39 is 0 Å². The average Bonchev–Trinajstić information content (AvgIpc) is 2.62. The van der Waals surface area contributed by atoms with Gasteiger partial charge in [-0.3, -0.25) is 5.32 Å². The number of hydrogen-bond donors (Lipinski definition) is 2. The molecule has 1 unspecified atom stereocenters. The number of rotatable bonds is 5. The largest absolute Gasteiger partial charge is 0.508 e. The first kappa shape index (κ1) is 16.3. The lowest BCUT2D eigenvalue weighted by Gasteiger charge is -2.33. The number of phenolic OH excluding ortho intramolecular Hbond substituents is 1. The Labute approximate surface area is 143 Å². The van der Waals surface area contributed by atoms with Crippen molar-refractivity contribution in [1.82, 2.24) is 5.32 Å². The van der Waals surface area contributed by atoms with Crippen LogP contribution in [0.15, 0.2) is 78.9 Å². The maximum absolute atomic E-state index is 9.45. The molecule has 3 aromatic carbocycles. The van der Waals surface area contributed by atoms with E-state index in [-0.39, 0.29) is 5.54 Å². The lowest BCUT2D eigenvalue weighted by molar-refractivity contribution is 0.435. The van der Waals surface area contributed by atoms with E-state index in [0.717, 1.165) is 12.1 Å². The van der Waals surface area contributed by atoms with Crippen molar-refractivity contribution in [3.63, 3.8) is 0 Å². The number of nitrogens with one attached hydrogen (secondary N) is 1. The Bertz CT molecular complexity index is 778. The molecule has 0 heterocycles. The van der Waals surface area contributed by atoms with Crippen LogP contribution in [0.4, 0.5) is 0 Å². The Balaban J connectivity index is 1.93. The summed E-state index contributed by atoms with van der Waals surface area (Å²) in [5, 5.41) is 13.1. The van der Waals surface area contributed by atoms with Gasteiger partial charge in [-0.15, -0.1) is 0 Å². The van der Waals surface area contributed by atoms with E-state index in [1.165, 1.54) is 16.7 Å². The summed E-state index contributed by atoms with van der Waals surface area (Å²) < 4.78 is 0. The topological polar surface area (TPSA) is 32.3 Å². The molecule has 0 radical (unpaired) electrons. The highest BCUT2D eigenvalue weighted by Crippen LogP contribution is 2.30. The van der Waals surface area contributed by atoms with Crippen molar-refractivity contribution in [1.29, 1.82) is 0 Å². The molecule has 0 fully saturated rings. The van der Waals surface area contributed by atoms with Crippen molar-refractivity contribution in [2.24, 2.45) is 0 Å². The highest BCUT2D eigenvalue weighted by Gasteiger charge is 2.28. The second-order valence-electron chi connectivity index (χ2n) is 6.38. The van der Waals surface area contributed by atoms with Gasteiger partial charge in [-0.2, -0.15) is 0 Å². The molecular formula is C22H23NO. The van der Waals surface area contributed by atoms with E-state index in [2.05, 4.69) is 67.7 Å². The summed E-state index contributed by atoms with van der Waals surface area (Å²) in [5.74, 6) is 0.295. The van der Waals surface area contributed by atoms with Crippen molar-refractivity contribution >= 4 is 0 Å². The zero-order valence-electron chi connectivity index (χ0n) is 14.2. The minimum absolute atomic E-state index is 0.285. The second-order valence-corrected chi connectivity index (χ2v) is 6.38. The van der Waals surface area contributed by atoms with Crippen LogP contribution < -0.4 is 5.32 Å². The molecule has 0 spiro atoms. The van der Waals surface area contributed by atoms with Gasteiger partial charge in [0.15, 0.2) is 0 Å². The molecule has 24 heavy (non-hydrogen) atoms. The van der Waals surface area contributed by atoms with Gasteiger partial charge in [-0.05, 0) is 42.7 Å². The van der Waals surface area contributed by atoms with E-state index in [1.807, 2.05) is 18.2 Å². The van der Waals surface area contributed by atoms with Crippen LogP contribution in [-0.2, 0) is 12.1 Å². The lowest BCUT2D eigenvalue weighted by atomic mass is 9.84. The fourth-order valence-electron chi connectivity index (χ4n) is 2.92.